The molecule has 0 radical (unpaired) electrons. The maximum absolute atomic E-state index is 12.6. The molecule has 0 spiro atoms. The van der Waals surface area contributed by atoms with Gasteiger partial charge in [0.15, 0.2) is 0 Å². The second kappa shape index (κ2) is 6.50. The molecule has 0 aromatic heterocycles. The van der Waals surface area contributed by atoms with Crippen LogP contribution in [0.25, 0.3) is 0 Å². The normalized spacial score (nSPS) is 34.5. The average Bonchev–Trinajstić information content (AvgIpc) is 2.71. The molecule has 0 aromatic carbocycles. The average molecular weight is 288 g/mol. The quantitative estimate of drug-likeness (QED) is 0.553. The van der Waals surface area contributed by atoms with Gasteiger partial charge in [0.2, 0.25) is 0 Å². The minimum Gasteiger partial charge on any atom is -0.299 e. The minimum atomic E-state index is 0.117. The maximum atomic E-state index is 12.6. The number of rotatable bonds is 1. The molecular formula is C20H32O. The SMILES string of the molecule is C/C1=C\CC2=C(C(C)C)CC[C@@]2(C)CC(=O)[C@@H](C)CCC1. The fourth-order valence-electron chi connectivity index (χ4n) is 4.09. The standard InChI is InChI=1S/C20H32O/c1-14(2)17-11-12-20(5)13-19(21)16(4)8-6-7-15(3)9-10-18(17)20/h9,14,16H,6-8,10-13H2,1-5H3/b15-9+/t16-,20-/m0/s1. The van der Waals surface area contributed by atoms with Crippen molar-refractivity contribution < 1.29 is 4.79 Å². The van der Waals surface area contributed by atoms with Crippen molar-refractivity contribution in [3.05, 3.63) is 22.8 Å². The molecule has 2 aliphatic carbocycles. The third-order valence-electron chi connectivity index (χ3n) is 5.74. The van der Waals surface area contributed by atoms with Gasteiger partial charge in [0.1, 0.15) is 5.78 Å². The number of carbonyl (C=O) groups excluding carboxylic acids is 1. The molecule has 0 bridgehead atoms. The molecule has 0 unspecified atom stereocenters. The highest BCUT2D eigenvalue weighted by Crippen LogP contribution is 2.50. The number of fused-ring (bicyclic) bond motifs is 1. The van der Waals surface area contributed by atoms with Crippen molar-refractivity contribution >= 4 is 5.78 Å². The molecule has 2 atom stereocenters. The fourth-order valence-corrected chi connectivity index (χ4v) is 4.09. The van der Waals surface area contributed by atoms with Crippen molar-refractivity contribution in [2.24, 2.45) is 17.3 Å². The van der Waals surface area contributed by atoms with E-state index in [9.17, 15) is 4.79 Å². The number of carbonyl (C=O) groups is 1. The number of Topliss-reactive ketones (excluding diaryl/α,β-unsaturated/α-hetero) is 1. The second-order valence-corrected chi connectivity index (χ2v) is 7.91. The van der Waals surface area contributed by atoms with Gasteiger partial charge in [0.25, 0.3) is 0 Å². The Labute approximate surface area is 130 Å². The lowest BCUT2D eigenvalue weighted by atomic mass is 9.75. The molecule has 0 saturated heterocycles. The van der Waals surface area contributed by atoms with E-state index in [1.54, 1.807) is 11.1 Å². The van der Waals surface area contributed by atoms with Gasteiger partial charge < -0.3 is 0 Å². The molecule has 0 fully saturated rings. The maximum Gasteiger partial charge on any atom is 0.136 e. The summed E-state index contributed by atoms with van der Waals surface area (Å²) in [6.07, 6.45) is 9.97. The summed E-state index contributed by atoms with van der Waals surface area (Å²) in [6, 6.07) is 0. The van der Waals surface area contributed by atoms with E-state index in [2.05, 4.69) is 40.7 Å². The zero-order valence-corrected chi connectivity index (χ0v) is 14.6. The lowest BCUT2D eigenvalue weighted by Gasteiger charge is -2.29. The Morgan fingerprint density at radius 2 is 2.00 bits per heavy atom. The number of hydrogen-bond donors (Lipinski definition) is 0. The monoisotopic (exact) mass is 288 g/mol. The Morgan fingerprint density at radius 3 is 2.67 bits per heavy atom. The van der Waals surface area contributed by atoms with E-state index in [0.29, 0.717) is 11.7 Å². The summed E-state index contributed by atoms with van der Waals surface area (Å²) in [5.41, 5.74) is 4.83. The van der Waals surface area contributed by atoms with Crippen molar-refractivity contribution in [3.8, 4) is 0 Å². The highest BCUT2D eigenvalue weighted by molar-refractivity contribution is 5.82. The molecule has 1 heteroatoms. The van der Waals surface area contributed by atoms with Crippen LogP contribution in [0.2, 0.25) is 0 Å². The topological polar surface area (TPSA) is 17.1 Å². The van der Waals surface area contributed by atoms with Crippen molar-refractivity contribution in [2.75, 3.05) is 0 Å². The molecule has 118 valence electrons. The Balaban J connectivity index is 2.38. The fraction of sp³-hybridized carbons (Fsp3) is 0.750. The zero-order chi connectivity index (χ0) is 15.6. The van der Waals surface area contributed by atoms with Gasteiger partial charge in [-0.25, -0.2) is 0 Å². The molecule has 0 aromatic rings. The van der Waals surface area contributed by atoms with Gasteiger partial charge in [-0.1, -0.05) is 50.5 Å². The van der Waals surface area contributed by atoms with Crippen LogP contribution >= 0.6 is 0 Å². The van der Waals surface area contributed by atoms with Crippen LogP contribution < -0.4 is 0 Å². The van der Waals surface area contributed by atoms with E-state index >= 15 is 0 Å². The van der Waals surface area contributed by atoms with E-state index in [1.807, 2.05) is 0 Å². The van der Waals surface area contributed by atoms with Crippen LogP contribution in [0.3, 0.4) is 0 Å². The Morgan fingerprint density at radius 1 is 1.29 bits per heavy atom. The summed E-state index contributed by atoms with van der Waals surface area (Å²) in [7, 11) is 0. The van der Waals surface area contributed by atoms with Gasteiger partial charge in [-0.05, 0) is 56.8 Å². The summed E-state index contributed by atoms with van der Waals surface area (Å²) >= 11 is 0. The molecule has 1 nitrogen and oxygen atoms in total. The van der Waals surface area contributed by atoms with Crippen molar-refractivity contribution in [3.63, 3.8) is 0 Å². The van der Waals surface area contributed by atoms with Crippen molar-refractivity contribution in [1.82, 2.24) is 0 Å². The predicted octanol–water partition coefficient (Wildman–Crippen LogP) is 5.85. The van der Waals surface area contributed by atoms with Gasteiger partial charge in [0, 0.05) is 12.3 Å². The number of allylic oxidation sites excluding steroid dienone is 4. The smallest absolute Gasteiger partial charge is 0.136 e. The van der Waals surface area contributed by atoms with E-state index in [-0.39, 0.29) is 11.3 Å². The lowest BCUT2D eigenvalue weighted by molar-refractivity contribution is -0.124. The highest BCUT2D eigenvalue weighted by Gasteiger charge is 2.39. The van der Waals surface area contributed by atoms with Crippen LogP contribution in [0.1, 0.15) is 79.6 Å². The number of ketones is 1. The third kappa shape index (κ3) is 3.67. The van der Waals surface area contributed by atoms with Crippen LogP contribution in [-0.4, -0.2) is 5.78 Å². The molecule has 0 N–H and O–H groups in total. The number of hydrogen-bond acceptors (Lipinski definition) is 1. The third-order valence-corrected chi connectivity index (χ3v) is 5.74. The van der Waals surface area contributed by atoms with Crippen LogP contribution in [-0.2, 0) is 4.79 Å². The van der Waals surface area contributed by atoms with Crippen molar-refractivity contribution in [2.45, 2.75) is 79.6 Å². The first-order valence-corrected chi connectivity index (χ1v) is 8.74. The highest BCUT2D eigenvalue weighted by atomic mass is 16.1. The summed E-state index contributed by atoms with van der Waals surface area (Å²) in [5.74, 6) is 1.34. The Hall–Kier alpha value is -0.850. The van der Waals surface area contributed by atoms with Gasteiger partial charge >= 0.3 is 0 Å². The predicted molar refractivity (Wildman–Crippen MR) is 90.2 cm³/mol. The molecule has 0 heterocycles. The molecule has 21 heavy (non-hydrogen) atoms. The van der Waals surface area contributed by atoms with Gasteiger partial charge in [-0.3, -0.25) is 4.79 Å². The van der Waals surface area contributed by atoms with Crippen LogP contribution in [0.4, 0.5) is 0 Å². The first-order chi connectivity index (χ1) is 9.83. The summed E-state index contributed by atoms with van der Waals surface area (Å²) in [6.45, 7) is 11.3. The second-order valence-electron chi connectivity index (χ2n) is 7.91. The first kappa shape index (κ1) is 16.5. The molecular weight excluding hydrogens is 256 g/mol. The Kier molecular flexibility index (Phi) is 5.11. The van der Waals surface area contributed by atoms with Crippen LogP contribution in [0.5, 0.6) is 0 Å². The van der Waals surface area contributed by atoms with E-state index in [4.69, 9.17) is 0 Å². The molecule has 0 aliphatic heterocycles. The molecule has 2 rings (SSSR count). The Bertz CT molecular complexity index is 466. The summed E-state index contributed by atoms with van der Waals surface area (Å²) < 4.78 is 0. The lowest BCUT2D eigenvalue weighted by Crippen LogP contribution is -2.24. The van der Waals surface area contributed by atoms with E-state index in [1.165, 1.54) is 18.4 Å². The van der Waals surface area contributed by atoms with Gasteiger partial charge in [0.05, 0.1) is 0 Å². The van der Waals surface area contributed by atoms with Crippen molar-refractivity contribution in [1.29, 1.82) is 0 Å². The summed E-state index contributed by atoms with van der Waals surface area (Å²) in [4.78, 5) is 12.6. The largest absolute Gasteiger partial charge is 0.299 e. The first-order valence-electron chi connectivity index (χ1n) is 8.74. The summed E-state index contributed by atoms with van der Waals surface area (Å²) in [5, 5.41) is 0. The molecule has 2 aliphatic rings. The van der Waals surface area contributed by atoms with E-state index < -0.39 is 0 Å². The minimum absolute atomic E-state index is 0.117. The van der Waals surface area contributed by atoms with E-state index in [0.717, 1.165) is 32.1 Å². The van der Waals surface area contributed by atoms with Crippen LogP contribution in [0.15, 0.2) is 22.8 Å². The van der Waals surface area contributed by atoms with Gasteiger partial charge in [-0.15, -0.1) is 0 Å². The molecule has 0 amide bonds. The van der Waals surface area contributed by atoms with Gasteiger partial charge in [-0.2, -0.15) is 0 Å². The molecule has 0 saturated carbocycles. The van der Waals surface area contributed by atoms with Crippen LogP contribution in [0, 0.1) is 17.3 Å². The zero-order valence-electron chi connectivity index (χ0n) is 14.6.